The Morgan fingerprint density at radius 3 is 2.77 bits per heavy atom. The molecular formula is C20H24ClN5O4. The SMILES string of the molecule is CCCCCCn1c(=O)n(CC2(C)Cn3cc([N+](=O)[O-])nc3O2)c2cc(Cl)ccc21. The second kappa shape index (κ2) is 7.79. The maximum atomic E-state index is 13.3. The van der Waals surface area contributed by atoms with Crippen molar-refractivity contribution < 1.29 is 9.66 Å². The van der Waals surface area contributed by atoms with Crippen LogP contribution in [0.2, 0.25) is 5.02 Å². The van der Waals surface area contributed by atoms with Crippen LogP contribution in [0.5, 0.6) is 6.01 Å². The highest BCUT2D eigenvalue weighted by molar-refractivity contribution is 6.31. The normalized spacial score (nSPS) is 18.0. The lowest BCUT2D eigenvalue weighted by atomic mass is 10.1. The van der Waals surface area contributed by atoms with E-state index in [0.717, 1.165) is 36.7 Å². The molecule has 9 nitrogen and oxygen atoms in total. The number of rotatable bonds is 8. The van der Waals surface area contributed by atoms with Gasteiger partial charge in [-0.3, -0.25) is 13.7 Å². The Kier molecular flexibility index (Phi) is 5.31. The molecule has 30 heavy (non-hydrogen) atoms. The summed E-state index contributed by atoms with van der Waals surface area (Å²) in [5.74, 6) is -0.250. The molecule has 1 aliphatic rings. The van der Waals surface area contributed by atoms with Crippen molar-refractivity contribution in [2.45, 2.75) is 64.8 Å². The summed E-state index contributed by atoms with van der Waals surface area (Å²) in [5, 5.41) is 11.5. The average Bonchev–Trinajstić information content (AvgIpc) is 3.29. The smallest absolute Gasteiger partial charge is 0.415 e. The van der Waals surface area contributed by atoms with E-state index in [9.17, 15) is 14.9 Å². The second-order valence-corrected chi connectivity index (χ2v) is 8.47. The highest BCUT2D eigenvalue weighted by atomic mass is 35.5. The number of hydrogen-bond acceptors (Lipinski definition) is 5. The van der Waals surface area contributed by atoms with Crippen LogP contribution in [0.15, 0.2) is 29.2 Å². The fraction of sp³-hybridized carbons (Fsp3) is 0.500. The van der Waals surface area contributed by atoms with E-state index in [0.29, 0.717) is 18.1 Å². The van der Waals surface area contributed by atoms with Crippen molar-refractivity contribution in [2.75, 3.05) is 0 Å². The van der Waals surface area contributed by atoms with E-state index in [2.05, 4.69) is 11.9 Å². The first kappa shape index (κ1) is 20.5. The lowest BCUT2D eigenvalue weighted by Crippen LogP contribution is -2.40. The molecular weight excluding hydrogens is 410 g/mol. The molecule has 0 saturated heterocycles. The quantitative estimate of drug-likeness (QED) is 0.304. The molecule has 1 atom stereocenters. The maximum absolute atomic E-state index is 13.3. The third kappa shape index (κ3) is 3.69. The minimum absolute atomic E-state index is 0.107. The van der Waals surface area contributed by atoms with Gasteiger partial charge in [-0.15, -0.1) is 0 Å². The second-order valence-electron chi connectivity index (χ2n) is 8.03. The lowest BCUT2D eigenvalue weighted by Gasteiger charge is -2.22. The van der Waals surface area contributed by atoms with E-state index in [1.165, 1.54) is 6.20 Å². The van der Waals surface area contributed by atoms with Crippen LogP contribution in [0.4, 0.5) is 5.82 Å². The monoisotopic (exact) mass is 433 g/mol. The standard InChI is InChI=1S/C20H24ClN5O4/c1-3-4-5-6-9-24-15-8-7-14(21)10-16(15)25(19(24)27)13-20(2)12-23-11-17(26(28)29)22-18(23)30-20/h7-8,10-11H,3-6,9,12-13H2,1-2H3. The molecule has 0 radical (unpaired) electrons. The predicted octanol–water partition coefficient (Wildman–Crippen LogP) is 3.99. The zero-order chi connectivity index (χ0) is 21.5. The summed E-state index contributed by atoms with van der Waals surface area (Å²) in [6, 6.07) is 5.65. The van der Waals surface area contributed by atoms with Crippen LogP contribution in [0.3, 0.4) is 0 Å². The van der Waals surface area contributed by atoms with Crippen molar-refractivity contribution >= 4 is 28.5 Å². The molecule has 4 rings (SSSR count). The van der Waals surface area contributed by atoms with Crippen molar-refractivity contribution in [3.8, 4) is 6.01 Å². The number of fused-ring (bicyclic) bond motifs is 2. The molecule has 0 bridgehead atoms. The summed E-state index contributed by atoms with van der Waals surface area (Å²) >= 11 is 6.22. The van der Waals surface area contributed by atoms with Crippen LogP contribution < -0.4 is 10.4 Å². The maximum Gasteiger partial charge on any atom is 0.415 e. The fourth-order valence-corrected chi connectivity index (χ4v) is 4.22. The first-order valence-corrected chi connectivity index (χ1v) is 10.5. The minimum atomic E-state index is -0.759. The van der Waals surface area contributed by atoms with Crippen molar-refractivity contribution in [1.82, 2.24) is 18.7 Å². The van der Waals surface area contributed by atoms with Crippen LogP contribution in [-0.2, 0) is 19.6 Å². The number of nitro groups is 1. The topological polar surface area (TPSA) is 97.1 Å². The number of benzene rings is 1. The zero-order valence-electron chi connectivity index (χ0n) is 17.0. The molecule has 0 amide bonds. The lowest BCUT2D eigenvalue weighted by molar-refractivity contribution is -0.389. The minimum Gasteiger partial charge on any atom is -0.436 e. The number of halogens is 1. The van der Waals surface area contributed by atoms with Crippen molar-refractivity contribution in [3.63, 3.8) is 0 Å². The van der Waals surface area contributed by atoms with Gasteiger partial charge in [0.1, 0.15) is 11.8 Å². The summed E-state index contributed by atoms with van der Waals surface area (Å²) in [5.41, 5.74) is 0.730. The van der Waals surface area contributed by atoms with Gasteiger partial charge in [-0.05, 0) is 36.5 Å². The molecule has 0 fully saturated rings. The van der Waals surface area contributed by atoms with Crippen LogP contribution in [0, 0.1) is 10.1 Å². The Morgan fingerprint density at radius 2 is 2.07 bits per heavy atom. The van der Waals surface area contributed by atoms with Gasteiger partial charge in [0.15, 0.2) is 0 Å². The zero-order valence-corrected chi connectivity index (χ0v) is 17.8. The van der Waals surface area contributed by atoms with Gasteiger partial charge in [0.05, 0.1) is 24.1 Å². The number of aryl methyl sites for hydroxylation is 1. The van der Waals surface area contributed by atoms with Gasteiger partial charge < -0.3 is 14.9 Å². The van der Waals surface area contributed by atoms with Gasteiger partial charge in [-0.1, -0.05) is 37.8 Å². The van der Waals surface area contributed by atoms with Crippen LogP contribution >= 0.6 is 11.6 Å². The van der Waals surface area contributed by atoms with Crippen LogP contribution in [-0.4, -0.2) is 29.2 Å². The Labute approximate surface area is 178 Å². The summed E-state index contributed by atoms with van der Waals surface area (Å²) in [6.07, 6.45) is 5.64. The van der Waals surface area contributed by atoms with Gasteiger partial charge in [0.25, 0.3) is 0 Å². The number of aromatic nitrogens is 4. The molecule has 3 heterocycles. The van der Waals surface area contributed by atoms with E-state index in [-0.39, 0.29) is 24.1 Å². The fourth-order valence-electron chi connectivity index (χ4n) is 4.06. The van der Waals surface area contributed by atoms with Gasteiger partial charge in [-0.2, -0.15) is 0 Å². The van der Waals surface area contributed by atoms with E-state index in [1.54, 1.807) is 25.8 Å². The van der Waals surface area contributed by atoms with Crippen molar-refractivity contribution in [2.24, 2.45) is 0 Å². The Balaban J connectivity index is 1.64. The summed E-state index contributed by atoms with van der Waals surface area (Å²) in [4.78, 5) is 27.6. The highest BCUT2D eigenvalue weighted by Crippen LogP contribution is 2.32. The van der Waals surface area contributed by atoms with Gasteiger partial charge >= 0.3 is 17.5 Å². The molecule has 0 spiro atoms. The molecule has 0 saturated carbocycles. The predicted molar refractivity (Wildman–Crippen MR) is 113 cm³/mol. The molecule has 3 aromatic rings. The number of unbranched alkanes of at least 4 members (excludes halogenated alkanes) is 3. The molecule has 1 aromatic carbocycles. The summed E-state index contributed by atoms with van der Waals surface area (Å²) < 4.78 is 11.0. The molecule has 0 N–H and O–H groups in total. The summed E-state index contributed by atoms with van der Waals surface area (Å²) in [7, 11) is 0. The Hall–Kier alpha value is -2.81. The Bertz CT molecular complexity index is 1140. The molecule has 1 unspecified atom stereocenters. The van der Waals surface area contributed by atoms with E-state index in [4.69, 9.17) is 16.3 Å². The van der Waals surface area contributed by atoms with Crippen LogP contribution in [0.25, 0.3) is 11.0 Å². The highest BCUT2D eigenvalue weighted by Gasteiger charge is 2.41. The van der Waals surface area contributed by atoms with E-state index >= 15 is 0 Å². The first-order valence-electron chi connectivity index (χ1n) is 10.1. The Morgan fingerprint density at radius 1 is 1.27 bits per heavy atom. The molecule has 10 heteroatoms. The average molecular weight is 434 g/mol. The number of ether oxygens (including phenoxy) is 1. The van der Waals surface area contributed by atoms with Crippen molar-refractivity contribution in [1.29, 1.82) is 0 Å². The van der Waals surface area contributed by atoms with Crippen LogP contribution in [0.1, 0.15) is 39.5 Å². The molecule has 2 aromatic heterocycles. The third-order valence-corrected chi connectivity index (χ3v) is 5.70. The number of nitrogens with zero attached hydrogens (tertiary/aromatic N) is 5. The van der Waals surface area contributed by atoms with E-state index < -0.39 is 10.5 Å². The molecule has 0 aliphatic carbocycles. The van der Waals surface area contributed by atoms with Gasteiger partial charge in [0, 0.05) is 16.6 Å². The first-order chi connectivity index (χ1) is 14.3. The third-order valence-electron chi connectivity index (χ3n) is 5.47. The summed E-state index contributed by atoms with van der Waals surface area (Å²) in [6.45, 7) is 5.31. The largest absolute Gasteiger partial charge is 0.436 e. The number of imidazole rings is 2. The molecule has 1 aliphatic heterocycles. The van der Waals surface area contributed by atoms with Gasteiger partial charge in [0.2, 0.25) is 0 Å². The molecule has 160 valence electrons. The van der Waals surface area contributed by atoms with Crippen molar-refractivity contribution in [3.05, 3.63) is 50.0 Å². The van der Waals surface area contributed by atoms with Gasteiger partial charge in [-0.25, -0.2) is 4.79 Å². The van der Waals surface area contributed by atoms with E-state index in [1.807, 2.05) is 13.0 Å². The number of hydrogen-bond donors (Lipinski definition) is 0.